The van der Waals surface area contributed by atoms with Crippen LogP contribution in [0.2, 0.25) is 0 Å². The van der Waals surface area contributed by atoms with Gasteiger partial charge in [-0.15, -0.1) is 6.58 Å². The number of hydrogen-bond donors (Lipinski definition) is 1. The number of nitrogens with two attached hydrogens (primary N) is 1. The maximum absolute atomic E-state index is 6.49. The summed E-state index contributed by atoms with van der Waals surface area (Å²) in [5.74, 6) is 7.56. The maximum atomic E-state index is 6.49. The fraction of sp³-hybridized carbons (Fsp3) is 0.889. The van der Waals surface area contributed by atoms with E-state index in [-0.39, 0.29) is 6.17 Å². The Kier molecular flexibility index (Phi) is 17.7. The van der Waals surface area contributed by atoms with Crippen LogP contribution in [0.5, 0.6) is 0 Å². The number of amidine groups is 1. The zero-order chi connectivity index (χ0) is 22.6. The lowest BCUT2D eigenvalue weighted by Gasteiger charge is -2.28. The molecule has 1 atom stereocenters. The predicted octanol–water partition coefficient (Wildman–Crippen LogP) is 8.15. The third kappa shape index (κ3) is 13.2. The second kappa shape index (κ2) is 19.6. The van der Waals surface area contributed by atoms with Crippen LogP contribution in [0.3, 0.4) is 0 Å². The van der Waals surface area contributed by atoms with Gasteiger partial charge in [-0.2, -0.15) is 5.10 Å². The van der Waals surface area contributed by atoms with Crippen molar-refractivity contribution in [2.75, 3.05) is 6.54 Å². The van der Waals surface area contributed by atoms with Gasteiger partial charge in [0.1, 0.15) is 12.0 Å². The molecule has 2 N–H and O–H groups in total. The third-order valence-electron chi connectivity index (χ3n) is 6.59. The summed E-state index contributed by atoms with van der Waals surface area (Å²) in [5, 5.41) is 8.96. The standard InChI is InChI=1S/C27H54N4/c1-4-7-9-11-13-15-17-19-21-23-26-29-30(25-6-3)27(31(26)28)24-22-20-18-16-14-12-10-8-5-2/h6,27H,3-5,7-25,28H2,1-2H3. The lowest BCUT2D eigenvalue weighted by molar-refractivity contribution is 0.131. The summed E-state index contributed by atoms with van der Waals surface area (Å²) in [6, 6.07) is 0. The molecule has 4 heteroatoms. The predicted molar refractivity (Wildman–Crippen MR) is 138 cm³/mol. The van der Waals surface area contributed by atoms with Gasteiger partial charge in [-0.05, 0) is 19.3 Å². The van der Waals surface area contributed by atoms with E-state index in [1.165, 1.54) is 116 Å². The van der Waals surface area contributed by atoms with Crippen molar-refractivity contribution in [2.24, 2.45) is 10.9 Å². The number of hydrogen-bond acceptors (Lipinski definition) is 4. The van der Waals surface area contributed by atoms with E-state index in [0.717, 1.165) is 25.2 Å². The van der Waals surface area contributed by atoms with Gasteiger partial charge >= 0.3 is 0 Å². The molecule has 0 aromatic rings. The molecule has 0 saturated carbocycles. The number of rotatable bonds is 22. The molecular formula is C27H54N4. The van der Waals surface area contributed by atoms with E-state index < -0.39 is 0 Å². The molecule has 0 aromatic heterocycles. The highest BCUT2D eigenvalue weighted by atomic mass is 15.7. The van der Waals surface area contributed by atoms with Crippen molar-refractivity contribution in [1.82, 2.24) is 10.0 Å². The number of hydrazone groups is 1. The molecule has 0 aliphatic carbocycles. The molecule has 0 fully saturated rings. The van der Waals surface area contributed by atoms with Crippen LogP contribution in [0.1, 0.15) is 142 Å². The Morgan fingerprint density at radius 3 is 1.68 bits per heavy atom. The molecule has 0 saturated heterocycles. The van der Waals surface area contributed by atoms with Crippen LogP contribution >= 0.6 is 0 Å². The minimum Gasteiger partial charge on any atom is -0.273 e. The average Bonchev–Trinajstić information content (AvgIpc) is 3.06. The fourth-order valence-corrected chi connectivity index (χ4v) is 4.58. The summed E-state index contributed by atoms with van der Waals surface area (Å²) in [7, 11) is 0. The molecule has 0 spiro atoms. The molecule has 0 aromatic carbocycles. The monoisotopic (exact) mass is 434 g/mol. The Morgan fingerprint density at radius 2 is 1.19 bits per heavy atom. The largest absolute Gasteiger partial charge is 0.273 e. The molecule has 4 nitrogen and oxygen atoms in total. The van der Waals surface area contributed by atoms with Gasteiger partial charge < -0.3 is 0 Å². The summed E-state index contributed by atoms with van der Waals surface area (Å²) < 4.78 is 0. The van der Waals surface area contributed by atoms with E-state index in [0.29, 0.717) is 0 Å². The van der Waals surface area contributed by atoms with Gasteiger partial charge in [0.2, 0.25) is 0 Å². The van der Waals surface area contributed by atoms with E-state index in [2.05, 4.69) is 25.4 Å². The van der Waals surface area contributed by atoms with Crippen molar-refractivity contribution in [2.45, 2.75) is 148 Å². The van der Waals surface area contributed by atoms with Crippen LogP contribution in [0.15, 0.2) is 17.8 Å². The van der Waals surface area contributed by atoms with Crippen LogP contribution in [0.25, 0.3) is 0 Å². The van der Waals surface area contributed by atoms with Gasteiger partial charge in [-0.3, -0.25) is 10.0 Å². The average molecular weight is 435 g/mol. The van der Waals surface area contributed by atoms with Crippen LogP contribution in [-0.2, 0) is 0 Å². The summed E-state index contributed by atoms with van der Waals surface area (Å²) in [5.41, 5.74) is 0. The first kappa shape index (κ1) is 28.0. The van der Waals surface area contributed by atoms with Crippen LogP contribution in [0.4, 0.5) is 0 Å². The summed E-state index contributed by atoms with van der Waals surface area (Å²) >= 11 is 0. The third-order valence-corrected chi connectivity index (χ3v) is 6.59. The van der Waals surface area contributed by atoms with Gasteiger partial charge in [-0.1, -0.05) is 123 Å². The number of nitrogens with zero attached hydrogens (tertiary/aromatic N) is 3. The molecule has 182 valence electrons. The van der Waals surface area contributed by atoms with E-state index in [4.69, 9.17) is 10.9 Å². The Bertz CT molecular complexity index is 449. The van der Waals surface area contributed by atoms with Gasteiger partial charge in [0, 0.05) is 6.42 Å². The van der Waals surface area contributed by atoms with Gasteiger partial charge in [0.15, 0.2) is 0 Å². The summed E-state index contributed by atoms with van der Waals surface area (Å²) in [6.07, 6.45) is 28.7. The molecule has 31 heavy (non-hydrogen) atoms. The molecule has 0 radical (unpaired) electrons. The van der Waals surface area contributed by atoms with Crippen molar-refractivity contribution in [3.05, 3.63) is 12.7 Å². The van der Waals surface area contributed by atoms with E-state index in [9.17, 15) is 0 Å². The first-order valence-electron chi connectivity index (χ1n) is 13.7. The summed E-state index contributed by atoms with van der Waals surface area (Å²) in [4.78, 5) is 0. The SMILES string of the molecule is C=CCN1N=C(CCCCCCCCCCC)N(N)C1CCCCCCCCCCC. The van der Waals surface area contributed by atoms with Crippen molar-refractivity contribution in [1.29, 1.82) is 0 Å². The second-order valence-corrected chi connectivity index (χ2v) is 9.51. The van der Waals surface area contributed by atoms with Crippen molar-refractivity contribution in [3.8, 4) is 0 Å². The minimum atomic E-state index is 0.219. The van der Waals surface area contributed by atoms with E-state index in [1.54, 1.807) is 0 Å². The van der Waals surface area contributed by atoms with Gasteiger partial charge in [-0.25, -0.2) is 5.84 Å². The molecule has 1 heterocycles. The van der Waals surface area contributed by atoms with Crippen molar-refractivity contribution < 1.29 is 0 Å². The molecule has 0 amide bonds. The van der Waals surface area contributed by atoms with Gasteiger partial charge in [0.05, 0.1) is 6.54 Å². The maximum Gasteiger partial charge on any atom is 0.141 e. The first-order valence-corrected chi connectivity index (χ1v) is 13.7. The van der Waals surface area contributed by atoms with Crippen LogP contribution in [0, 0.1) is 0 Å². The Balaban J connectivity index is 2.17. The lowest BCUT2D eigenvalue weighted by Crippen LogP contribution is -2.46. The lowest BCUT2D eigenvalue weighted by atomic mass is 10.1. The Labute approximate surface area is 194 Å². The highest BCUT2D eigenvalue weighted by Crippen LogP contribution is 2.22. The smallest absolute Gasteiger partial charge is 0.141 e. The molecule has 1 aliphatic heterocycles. The van der Waals surface area contributed by atoms with Crippen molar-refractivity contribution >= 4 is 5.84 Å². The van der Waals surface area contributed by atoms with Gasteiger partial charge in [0.25, 0.3) is 0 Å². The number of hydrazine groups is 1. The molecule has 1 rings (SSSR count). The fourth-order valence-electron chi connectivity index (χ4n) is 4.58. The first-order chi connectivity index (χ1) is 15.2. The van der Waals surface area contributed by atoms with E-state index in [1.807, 2.05) is 11.1 Å². The van der Waals surface area contributed by atoms with Crippen LogP contribution in [-0.4, -0.2) is 28.6 Å². The molecule has 1 unspecified atom stereocenters. The van der Waals surface area contributed by atoms with Crippen molar-refractivity contribution in [3.63, 3.8) is 0 Å². The molecule has 1 aliphatic rings. The zero-order valence-electron chi connectivity index (χ0n) is 21.1. The highest BCUT2D eigenvalue weighted by molar-refractivity contribution is 5.83. The minimum absolute atomic E-state index is 0.219. The normalized spacial score (nSPS) is 16.2. The Hall–Kier alpha value is -1.03. The van der Waals surface area contributed by atoms with Crippen LogP contribution < -0.4 is 5.84 Å². The quantitative estimate of drug-likeness (QED) is 0.106. The Morgan fingerprint density at radius 1 is 0.742 bits per heavy atom. The second-order valence-electron chi connectivity index (χ2n) is 9.51. The highest BCUT2D eigenvalue weighted by Gasteiger charge is 2.30. The molecular weight excluding hydrogens is 380 g/mol. The summed E-state index contributed by atoms with van der Waals surface area (Å²) in [6.45, 7) is 9.27. The number of unbranched alkanes of at least 4 members (excludes halogenated alkanes) is 16. The molecule has 0 bridgehead atoms. The zero-order valence-corrected chi connectivity index (χ0v) is 21.1. The topological polar surface area (TPSA) is 44.9 Å². The van der Waals surface area contributed by atoms with E-state index >= 15 is 0 Å².